The van der Waals surface area contributed by atoms with Crippen molar-refractivity contribution in [1.29, 1.82) is 0 Å². The van der Waals surface area contributed by atoms with Crippen molar-refractivity contribution in [2.24, 2.45) is 0 Å². The van der Waals surface area contributed by atoms with E-state index in [1.165, 1.54) is 42.5 Å². The molecule has 3 aromatic rings. The Hall–Kier alpha value is -2.45. The molecule has 6 nitrogen and oxygen atoms in total. The lowest BCUT2D eigenvalue weighted by atomic mass is 10.2. The Morgan fingerprint density at radius 1 is 0.839 bits per heavy atom. The molecular formula is C21H17Cl3N2O4S. The first-order valence-electron chi connectivity index (χ1n) is 8.94. The normalized spacial score (nSPS) is 11.1. The van der Waals surface area contributed by atoms with Crippen molar-refractivity contribution in [2.75, 3.05) is 11.3 Å². The number of carbonyl (C=O) groups is 1. The van der Waals surface area contributed by atoms with Gasteiger partial charge >= 0.3 is 0 Å². The molecule has 3 aromatic carbocycles. The van der Waals surface area contributed by atoms with E-state index in [-0.39, 0.29) is 23.1 Å². The number of sulfonamides is 1. The van der Waals surface area contributed by atoms with Crippen LogP contribution in [0, 0.1) is 0 Å². The van der Waals surface area contributed by atoms with Crippen molar-refractivity contribution in [1.82, 2.24) is 5.32 Å². The minimum absolute atomic E-state index is 0.0168. The SMILES string of the molecule is O=C(COc1ccc(S(=O)(=O)Nc2cc(Cl)cc(Cl)c2)cc1)NCc1ccc(Cl)cc1. The minimum Gasteiger partial charge on any atom is -0.484 e. The van der Waals surface area contributed by atoms with E-state index in [1.54, 1.807) is 12.1 Å². The number of anilines is 1. The first-order chi connectivity index (χ1) is 14.7. The molecular weight excluding hydrogens is 483 g/mol. The summed E-state index contributed by atoms with van der Waals surface area (Å²) in [7, 11) is -3.85. The van der Waals surface area contributed by atoms with Crippen molar-refractivity contribution in [3.63, 3.8) is 0 Å². The summed E-state index contributed by atoms with van der Waals surface area (Å²) in [5, 5.41) is 3.96. The lowest BCUT2D eigenvalue weighted by Gasteiger charge is -2.10. The van der Waals surface area contributed by atoms with Crippen LogP contribution in [-0.2, 0) is 21.4 Å². The standard InChI is InChI=1S/C21H17Cl3N2O4S/c22-15-3-1-14(2-4-15)12-25-21(27)13-30-19-5-7-20(8-6-19)31(28,29)26-18-10-16(23)9-17(24)11-18/h1-11,26H,12-13H2,(H,25,27). The quantitative estimate of drug-likeness (QED) is 0.449. The van der Waals surface area contributed by atoms with Gasteiger partial charge in [0.05, 0.1) is 10.6 Å². The predicted octanol–water partition coefficient (Wildman–Crippen LogP) is 5.14. The smallest absolute Gasteiger partial charge is 0.261 e. The lowest BCUT2D eigenvalue weighted by molar-refractivity contribution is -0.123. The molecule has 2 N–H and O–H groups in total. The molecule has 31 heavy (non-hydrogen) atoms. The lowest BCUT2D eigenvalue weighted by Crippen LogP contribution is -2.28. The molecule has 0 spiro atoms. The van der Waals surface area contributed by atoms with Gasteiger partial charge < -0.3 is 10.1 Å². The van der Waals surface area contributed by atoms with Crippen LogP contribution < -0.4 is 14.8 Å². The highest BCUT2D eigenvalue weighted by Gasteiger charge is 2.15. The van der Waals surface area contributed by atoms with Crippen LogP contribution in [0.2, 0.25) is 15.1 Å². The van der Waals surface area contributed by atoms with Crippen LogP contribution >= 0.6 is 34.8 Å². The molecule has 0 bridgehead atoms. The van der Waals surface area contributed by atoms with E-state index in [1.807, 2.05) is 12.1 Å². The molecule has 0 fully saturated rings. The highest BCUT2D eigenvalue weighted by atomic mass is 35.5. The second-order valence-corrected chi connectivity index (χ2v) is 9.42. The van der Waals surface area contributed by atoms with Gasteiger partial charge in [0.25, 0.3) is 15.9 Å². The van der Waals surface area contributed by atoms with Crippen LogP contribution in [0.5, 0.6) is 5.75 Å². The van der Waals surface area contributed by atoms with Gasteiger partial charge in [-0.05, 0) is 60.2 Å². The molecule has 3 rings (SSSR count). The van der Waals surface area contributed by atoms with Crippen molar-refractivity contribution < 1.29 is 17.9 Å². The Morgan fingerprint density at radius 2 is 1.45 bits per heavy atom. The van der Waals surface area contributed by atoms with E-state index in [4.69, 9.17) is 39.5 Å². The number of hydrogen-bond donors (Lipinski definition) is 2. The van der Waals surface area contributed by atoms with Crippen LogP contribution in [0.1, 0.15) is 5.56 Å². The van der Waals surface area contributed by atoms with Crippen LogP contribution in [0.25, 0.3) is 0 Å². The van der Waals surface area contributed by atoms with Gasteiger partial charge in [0.1, 0.15) is 5.75 Å². The van der Waals surface area contributed by atoms with Crippen LogP contribution in [0.15, 0.2) is 71.6 Å². The second kappa shape index (κ2) is 10.2. The molecule has 0 aliphatic heterocycles. The Labute approximate surface area is 195 Å². The van der Waals surface area contributed by atoms with E-state index in [0.717, 1.165) is 5.56 Å². The molecule has 0 radical (unpaired) electrons. The monoisotopic (exact) mass is 498 g/mol. The molecule has 0 saturated heterocycles. The summed E-state index contributed by atoms with van der Waals surface area (Å²) in [4.78, 5) is 12.0. The summed E-state index contributed by atoms with van der Waals surface area (Å²) in [6, 6.07) is 17.2. The van der Waals surface area contributed by atoms with Gasteiger partial charge in [-0.15, -0.1) is 0 Å². The zero-order chi connectivity index (χ0) is 22.4. The topological polar surface area (TPSA) is 84.5 Å². The number of halogens is 3. The molecule has 10 heteroatoms. The maximum Gasteiger partial charge on any atom is 0.261 e. The van der Waals surface area contributed by atoms with Crippen molar-refractivity contribution in [3.05, 3.63) is 87.4 Å². The molecule has 0 unspecified atom stereocenters. The number of carbonyl (C=O) groups excluding carboxylic acids is 1. The molecule has 162 valence electrons. The summed E-state index contributed by atoms with van der Waals surface area (Å²) in [5.41, 5.74) is 1.15. The van der Waals surface area contributed by atoms with Gasteiger partial charge in [0.2, 0.25) is 0 Å². The summed E-state index contributed by atoms with van der Waals surface area (Å²) < 4.78 is 32.9. The molecule has 0 aromatic heterocycles. The third-order valence-electron chi connectivity index (χ3n) is 4.02. The van der Waals surface area contributed by atoms with Crippen LogP contribution in [0.4, 0.5) is 5.69 Å². The number of hydrogen-bond acceptors (Lipinski definition) is 4. The van der Waals surface area contributed by atoms with Gasteiger partial charge in [-0.1, -0.05) is 46.9 Å². The number of benzene rings is 3. The summed E-state index contributed by atoms with van der Waals surface area (Å²) in [6.45, 7) is 0.134. The fourth-order valence-electron chi connectivity index (χ4n) is 2.54. The third kappa shape index (κ3) is 7.04. The molecule has 0 heterocycles. The highest BCUT2D eigenvalue weighted by molar-refractivity contribution is 7.92. The van der Waals surface area contributed by atoms with Gasteiger partial charge in [0.15, 0.2) is 6.61 Å². The average Bonchev–Trinajstić information content (AvgIpc) is 2.71. The molecule has 1 amide bonds. The highest BCUT2D eigenvalue weighted by Crippen LogP contribution is 2.25. The Balaban J connectivity index is 1.54. The minimum atomic E-state index is -3.85. The maximum absolute atomic E-state index is 12.5. The largest absolute Gasteiger partial charge is 0.484 e. The maximum atomic E-state index is 12.5. The van der Waals surface area contributed by atoms with E-state index in [9.17, 15) is 13.2 Å². The summed E-state index contributed by atoms with van der Waals surface area (Å²) in [5.74, 6) is 0.0394. The number of nitrogens with one attached hydrogen (secondary N) is 2. The molecule has 0 aliphatic rings. The van der Waals surface area contributed by atoms with Gasteiger partial charge in [-0.25, -0.2) is 8.42 Å². The average molecular weight is 500 g/mol. The van der Waals surface area contributed by atoms with E-state index >= 15 is 0 Å². The zero-order valence-corrected chi connectivity index (χ0v) is 19.0. The van der Waals surface area contributed by atoms with Gasteiger partial charge in [0, 0.05) is 21.6 Å². The fourth-order valence-corrected chi connectivity index (χ4v) is 4.24. The number of ether oxygens (including phenoxy) is 1. The van der Waals surface area contributed by atoms with Gasteiger partial charge in [-0.2, -0.15) is 0 Å². The number of amides is 1. The molecule has 0 saturated carbocycles. The van der Waals surface area contributed by atoms with Crippen LogP contribution in [-0.4, -0.2) is 20.9 Å². The van der Waals surface area contributed by atoms with Gasteiger partial charge in [-0.3, -0.25) is 9.52 Å². The number of rotatable bonds is 8. The van der Waals surface area contributed by atoms with E-state index < -0.39 is 10.0 Å². The Bertz CT molecular complexity index is 1150. The first-order valence-corrected chi connectivity index (χ1v) is 11.6. The second-order valence-electron chi connectivity index (χ2n) is 6.43. The summed E-state index contributed by atoms with van der Waals surface area (Å²) in [6.07, 6.45) is 0. The fraction of sp³-hybridized carbons (Fsp3) is 0.0952. The third-order valence-corrected chi connectivity index (χ3v) is 6.11. The van der Waals surface area contributed by atoms with E-state index in [2.05, 4.69) is 10.0 Å². The van der Waals surface area contributed by atoms with Crippen molar-refractivity contribution in [3.8, 4) is 5.75 Å². The Morgan fingerprint density at radius 3 is 2.06 bits per heavy atom. The predicted molar refractivity (Wildman–Crippen MR) is 123 cm³/mol. The zero-order valence-electron chi connectivity index (χ0n) is 15.9. The molecule has 0 aliphatic carbocycles. The van der Waals surface area contributed by atoms with Crippen molar-refractivity contribution in [2.45, 2.75) is 11.4 Å². The van der Waals surface area contributed by atoms with Crippen molar-refractivity contribution >= 4 is 56.4 Å². The Kier molecular flexibility index (Phi) is 7.67. The first kappa shape index (κ1) is 23.2. The molecule has 0 atom stereocenters. The van der Waals surface area contributed by atoms with E-state index in [0.29, 0.717) is 27.4 Å². The van der Waals surface area contributed by atoms with Crippen LogP contribution in [0.3, 0.4) is 0 Å². The summed E-state index contributed by atoms with van der Waals surface area (Å²) >= 11 is 17.6.